The van der Waals surface area contributed by atoms with Gasteiger partial charge in [-0.15, -0.1) is 0 Å². The number of carboxylic acid groups (broad SMARTS) is 2. The molecule has 0 aromatic carbocycles. The molecule has 4 N–H and O–H groups in total. The second-order valence-electron chi connectivity index (χ2n) is 2.97. The smallest absolute Gasteiger partial charge is 0.330 e. The number of aliphatic carboxylic acids is 2. The number of carbonyl (C=O) groups is 3. The van der Waals surface area contributed by atoms with E-state index in [1.165, 1.54) is 19.1 Å². The Morgan fingerprint density at radius 1 is 1.27 bits per heavy atom. The molecule has 0 aromatic rings. The van der Waals surface area contributed by atoms with Crippen LogP contribution in [-0.2, 0) is 9.59 Å². The number of carboxylic acids is 2. The fourth-order valence-electron chi connectivity index (χ4n) is 0.768. The molecule has 15 heavy (non-hydrogen) atoms. The number of hydrogen-bond donors (Lipinski definition) is 4. The van der Waals surface area contributed by atoms with Gasteiger partial charge in [-0.25, -0.2) is 14.6 Å². The first-order valence-corrected chi connectivity index (χ1v) is 4.02. The van der Waals surface area contributed by atoms with Gasteiger partial charge in [0.25, 0.3) is 0 Å². The molecule has 0 radical (unpaired) electrons. The molecule has 0 bridgehead atoms. The van der Waals surface area contributed by atoms with Gasteiger partial charge in [-0.2, -0.15) is 0 Å². The van der Waals surface area contributed by atoms with Crippen molar-refractivity contribution in [2.75, 3.05) is 14.1 Å². The molecule has 0 unspecified atom stereocenters. The summed E-state index contributed by atoms with van der Waals surface area (Å²) in [6.45, 7) is 0. The van der Waals surface area contributed by atoms with Crippen LogP contribution in [0.25, 0.3) is 0 Å². The van der Waals surface area contributed by atoms with Gasteiger partial charge in [-0.05, 0) is 0 Å². The van der Waals surface area contributed by atoms with Crippen molar-refractivity contribution in [2.24, 2.45) is 0 Å². The second kappa shape index (κ2) is 5.81. The van der Waals surface area contributed by atoms with E-state index in [-0.39, 0.29) is 0 Å². The molecule has 86 valence electrons. The summed E-state index contributed by atoms with van der Waals surface area (Å²) in [5, 5.41) is 20.3. The minimum Gasteiger partial charge on any atom is -0.481 e. The number of hydrogen-bond acceptors (Lipinski definition) is 4. The van der Waals surface area contributed by atoms with Gasteiger partial charge in [0.1, 0.15) is 6.04 Å². The fourth-order valence-corrected chi connectivity index (χ4v) is 0.768. The van der Waals surface area contributed by atoms with Crippen molar-refractivity contribution >= 4 is 18.0 Å². The van der Waals surface area contributed by atoms with Gasteiger partial charge in [0, 0.05) is 14.1 Å². The average Bonchev–Trinajstić information content (AvgIpc) is 1.99. The molecule has 0 rings (SSSR count). The summed E-state index contributed by atoms with van der Waals surface area (Å²) in [5.41, 5.74) is 2.23. The quantitative estimate of drug-likeness (QED) is 0.426. The molecule has 0 saturated heterocycles. The zero-order chi connectivity index (χ0) is 12.0. The molecule has 0 aliphatic rings. The standard InChI is InChI=1S/C7H13N3O5/c1-10(2)9-7(15)8-4(6(13)14)3-5(11)12/h4H,3H2,1-2H3,(H,11,12)(H,13,14)(H2,8,9,15)/t4-/m1/s1. The van der Waals surface area contributed by atoms with Crippen LogP contribution < -0.4 is 10.7 Å². The normalized spacial score (nSPS) is 11.9. The average molecular weight is 219 g/mol. The van der Waals surface area contributed by atoms with Crippen LogP contribution in [0.15, 0.2) is 0 Å². The number of carbonyl (C=O) groups excluding carboxylic acids is 1. The highest BCUT2D eigenvalue weighted by Crippen LogP contribution is 1.92. The van der Waals surface area contributed by atoms with E-state index >= 15 is 0 Å². The van der Waals surface area contributed by atoms with Gasteiger partial charge in [0.15, 0.2) is 0 Å². The first-order valence-electron chi connectivity index (χ1n) is 4.02. The molecule has 2 amide bonds. The Bertz CT molecular complexity index is 265. The van der Waals surface area contributed by atoms with E-state index in [1.807, 2.05) is 5.32 Å². The van der Waals surface area contributed by atoms with Gasteiger partial charge in [0.05, 0.1) is 6.42 Å². The van der Waals surface area contributed by atoms with Crippen molar-refractivity contribution in [1.29, 1.82) is 0 Å². The molecule has 0 aliphatic heterocycles. The molecule has 8 nitrogen and oxygen atoms in total. The monoisotopic (exact) mass is 219 g/mol. The minimum atomic E-state index is -1.44. The molecule has 0 heterocycles. The second-order valence-corrected chi connectivity index (χ2v) is 2.97. The van der Waals surface area contributed by atoms with Crippen molar-refractivity contribution in [3.05, 3.63) is 0 Å². The number of urea groups is 1. The summed E-state index contributed by atoms with van der Waals surface area (Å²) in [6.07, 6.45) is -0.670. The van der Waals surface area contributed by atoms with Crippen molar-refractivity contribution in [3.63, 3.8) is 0 Å². The van der Waals surface area contributed by atoms with Gasteiger partial charge < -0.3 is 15.5 Å². The molecular formula is C7H13N3O5. The van der Waals surface area contributed by atoms with Crippen LogP contribution in [0.3, 0.4) is 0 Å². The van der Waals surface area contributed by atoms with E-state index in [0.29, 0.717) is 0 Å². The molecule has 0 aliphatic carbocycles. The van der Waals surface area contributed by atoms with E-state index in [4.69, 9.17) is 10.2 Å². The third-order valence-electron chi connectivity index (χ3n) is 1.31. The molecule has 0 fully saturated rings. The summed E-state index contributed by atoms with van der Waals surface area (Å²) < 4.78 is 0. The predicted octanol–water partition coefficient (Wildman–Crippen LogP) is -1.31. The Balaban J connectivity index is 4.22. The maximum atomic E-state index is 11.0. The van der Waals surface area contributed by atoms with Crippen molar-refractivity contribution in [1.82, 2.24) is 15.8 Å². The molecular weight excluding hydrogens is 206 g/mol. The SMILES string of the molecule is CN(C)NC(=O)N[C@H](CC(=O)O)C(=O)O. The van der Waals surface area contributed by atoms with Crippen LogP contribution >= 0.6 is 0 Å². The van der Waals surface area contributed by atoms with E-state index in [9.17, 15) is 14.4 Å². The summed E-state index contributed by atoms with van der Waals surface area (Å²) >= 11 is 0. The Morgan fingerprint density at radius 2 is 1.80 bits per heavy atom. The van der Waals surface area contributed by atoms with E-state index < -0.39 is 30.4 Å². The number of rotatable bonds is 5. The lowest BCUT2D eigenvalue weighted by Gasteiger charge is -2.16. The molecule has 1 atom stereocenters. The van der Waals surface area contributed by atoms with Crippen LogP contribution in [0.2, 0.25) is 0 Å². The van der Waals surface area contributed by atoms with Crippen LogP contribution in [0.4, 0.5) is 4.79 Å². The van der Waals surface area contributed by atoms with Crippen LogP contribution in [0.5, 0.6) is 0 Å². The Labute approximate surface area is 85.8 Å². The lowest BCUT2D eigenvalue weighted by Crippen LogP contribution is -2.50. The molecule has 0 saturated carbocycles. The largest absolute Gasteiger partial charge is 0.481 e. The highest BCUT2D eigenvalue weighted by atomic mass is 16.4. The summed E-state index contributed by atoms with van der Waals surface area (Å²) in [5.74, 6) is -2.70. The highest BCUT2D eigenvalue weighted by molar-refractivity contribution is 5.85. The highest BCUT2D eigenvalue weighted by Gasteiger charge is 2.22. The number of nitrogens with zero attached hydrogens (tertiary/aromatic N) is 1. The fraction of sp³-hybridized carbons (Fsp3) is 0.571. The van der Waals surface area contributed by atoms with E-state index in [0.717, 1.165) is 0 Å². The number of hydrazine groups is 1. The minimum absolute atomic E-state index is 0.670. The van der Waals surface area contributed by atoms with Gasteiger partial charge >= 0.3 is 18.0 Å². The van der Waals surface area contributed by atoms with Crippen molar-refractivity contribution in [3.8, 4) is 0 Å². The molecule has 8 heteroatoms. The zero-order valence-corrected chi connectivity index (χ0v) is 8.35. The maximum Gasteiger partial charge on any atom is 0.330 e. The Morgan fingerprint density at radius 3 is 2.13 bits per heavy atom. The molecule has 0 spiro atoms. The van der Waals surface area contributed by atoms with Gasteiger partial charge in [-0.1, -0.05) is 0 Å². The van der Waals surface area contributed by atoms with Gasteiger partial charge in [0.2, 0.25) is 0 Å². The lowest BCUT2D eigenvalue weighted by molar-refractivity contribution is -0.145. The third-order valence-corrected chi connectivity index (χ3v) is 1.31. The van der Waals surface area contributed by atoms with E-state index in [1.54, 1.807) is 0 Å². The zero-order valence-electron chi connectivity index (χ0n) is 8.35. The topological polar surface area (TPSA) is 119 Å². The van der Waals surface area contributed by atoms with Crippen molar-refractivity contribution < 1.29 is 24.6 Å². The number of nitrogens with one attached hydrogen (secondary N) is 2. The number of amides is 2. The maximum absolute atomic E-state index is 11.0. The summed E-state index contributed by atoms with van der Waals surface area (Å²) in [4.78, 5) is 31.8. The van der Waals surface area contributed by atoms with E-state index in [2.05, 4.69) is 5.43 Å². The lowest BCUT2D eigenvalue weighted by atomic mass is 10.2. The van der Waals surface area contributed by atoms with Crippen LogP contribution in [0, 0.1) is 0 Å². The Hall–Kier alpha value is -1.83. The van der Waals surface area contributed by atoms with Crippen LogP contribution in [0.1, 0.15) is 6.42 Å². The van der Waals surface area contributed by atoms with Gasteiger partial charge in [-0.3, -0.25) is 10.2 Å². The van der Waals surface area contributed by atoms with Crippen LogP contribution in [-0.4, -0.2) is 53.3 Å². The first-order chi connectivity index (χ1) is 6.82. The third kappa shape index (κ3) is 6.27. The molecule has 0 aromatic heterocycles. The summed E-state index contributed by atoms with van der Waals surface area (Å²) in [7, 11) is 3.07. The predicted molar refractivity (Wildman–Crippen MR) is 49.0 cm³/mol. The Kier molecular flexibility index (Phi) is 5.10. The summed E-state index contributed by atoms with van der Waals surface area (Å²) in [6, 6.07) is -2.21. The first kappa shape index (κ1) is 13.2. The van der Waals surface area contributed by atoms with Crippen molar-refractivity contribution in [2.45, 2.75) is 12.5 Å².